The Morgan fingerprint density at radius 1 is 0.286 bits per heavy atom. The molecule has 4 aromatic heterocycles. The summed E-state index contributed by atoms with van der Waals surface area (Å²) in [4.78, 5) is 11.3. The zero-order valence-corrected chi connectivity index (χ0v) is 33.9. The number of nitrogens with zero attached hydrogens (tertiary/aromatic N) is 5. The van der Waals surface area contributed by atoms with Crippen molar-refractivity contribution in [1.29, 1.82) is 0 Å². The Labute approximate surface area is 360 Å². The maximum Gasteiger partial charge on any atom is 0.235 e. The molecule has 10 aromatic carbocycles. The summed E-state index contributed by atoms with van der Waals surface area (Å²) in [6, 6.07) is 76.4. The van der Waals surface area contributed by atoms with Gasteiger partial charge in [-0.1, -0.05) is 158 Å². The third-order valence-electron chi connectivity index (χ3n) is 13.2. The van der Waals surface area contributed by atoms with Crippen molar-refractivity contribution in [1.82, 2.24) is 23.7 Å². The molecule has 0 amide bonds. The van der Waals surface area contributed by atoms with Crippen molar-refractivity contribution in [2.24, 2.45) is 0 Å². The highest BCUT2D eigenvalue weighted by Gasteiger charge is 2.28. The number of para-hydroxylation sites is 5. The van der Waals surface area contributed by atoms with Crippen LogP contribution in [0.5, 0.6) is 0 Å². The number of hydrogen-bond acceptors (Lipinski definition) is 2. The molecule has 0 fully saturated rings. The number of hydrogen-bond donors (Lipinski definition) is 0. The first-order valence-electron chi connectivity index (χ1n) is 21.5. The average Bonchev–Trinajstić information content (AvgIpc) is 4.01. The van der Waals surface area contributed by atoms with Crippen LogP contribution in [0.2, 0.25) is 0 Å². The molecule has 0 unspecified atom stereocenters. The monoisotopic (exact) mass is 801 g/mol. The quantitative estimate of drug-likeness (QED) is 0.166. The van der Waals surface area contributed by atoms with Crippen molar-refractivity contribution < 1.29 is 0 Å². The molecule has 0 atom stereocenters. The second-order valence-electron chi connectivity index (χ2n) is 16.5. The van der Waals surface area contributed by atoms with Gasteiger partial charge in [0, 0.05) is 70.8 Å². The average molecular weight is 802 g/mol. The first kappa shape index (κ1) is 34.2. The van der Waals surface area contributed by atoms with Crippen LogP contribution in [0.3, 0.4) is 0 Å². The molecule has 14 aromatic rings. The molecular weight excluding hydrogens is 767 g/mol. The van der Waals surface area contributed by atoms with Crippen molar-refractivity contribution in [2.45, 2.75) is 0 Å². The highest BCUT2D eigenvalue weighted by Crippen LogP contribution is 2.50. The smallest absolute Gasteiger partial charge is 0.235 e. The van der Waals surface area contributed by atoms with E-state index in [0.717, 1.165) is 77.1 Å². The van der Waals surface area contributed by atoms with Gasteiger partial charge in [-0.05, 0) is 60.0 Å². The first-order chi connectivity index (χ1) is 31.3. The molecule has 5 nitrogen and oxygen atoms in total. The number of rotatable bonds is 4. The van der Waals surface area contributed by atoms with E-state index in [2.05, 4.69) is 226 Å². The molecule has 0 radical (unpaired) electrons. The van der Waals surface area contributed by atoms with Crippen molar-refractivity contribution in [3.63, 3.8) is 0 Å². The van der Waals surface area contributed by atoms with Crippen molar-refractivity contribution >= 4 is 97.9 Å². The van der Waals surface area contributed by atoms with E-state index in [0.29, 0.717) is 5.95 Å². The van der Waals surface area contributed by atoms with Crippen molar-refractivity contribution in [2.75, 3.05) is 0 Å². The van der Waals surface area contributed by atoms with Crippen LogP contribution >= 0.6 is 0 Å². The van der Waals surface area contributed by atoms with Gasteiger partial charge in [-0.25, -0.2) is 9.97 Å². The Kier molecular flexibility index (Phi) is 7.05. The molecule has 0 N–H and O–H groups in total. The summed E-state index contributed by atoms with van der Waals surface area (Å²) in [5.41, 5.74) is 11.9. The molecule has 4 heterocycles. The van der Waals surface area contributed by atoms with Gasteiger partial charge < -0.3 is 9.13 Å². The number of benzene rings is 10. The molecule has 14 rings (SSSR count). The van der Waals surface area contributed by atoms with Crippen molar-refractivity contribution in [3.8, 4) is 28.6 Å². The first-order valence-corrected chi connectivity index (χ1v) is 21.5. The van der Waals surface area contributed by atoms with Crippen LogP contribution in [0, 0.1) is 0 Å². The number of aromatic nitrogens is 5. The standard InChI is InChI=1S/C58H35N5/c1-4-19-37(20-5-1)54-45-33-32-36-18-10-11-25-40(36)55(45)60-58(59-54)63-48-31-17-14-28-43(48)53-56(63)44-34-35-49-50(41-26-12-15-29-46(41)61(49)38-21-6-2-7-22-38)51(44)52-42-27-13-16-30-47(42)62(57(52)53)39-23-8-3-9-24-39/h1-35H. The molecule has 0 aliphatic heterocycles. The Bertz CT molecular complexity index is 4180. The van der Waals surface area contributed by atoms with Crippen LogP contribution in [-0.4, -0.2) is 23.7 Å². The Morgan fingerprint density at radius 3 is 1.51 bits per heavy atom. The Hall–Kier alpha value is -8.54. The van der Waals surface area contributed by atoms with Crippen LogP contribution in [-0.2, 0) is 0 Å². The van der Waals surface area contributed by atoms with Gasteiger partial charge in [0.25, 0.3) is 0 Å². The normalized spacial score (nSPS) is 12.1. The third kappa shape index (κ3) is 4.71. The lowest BCUT2D eigenvalue weighted by molar-refractivity contribution is 1.02. The minimum atomic E-state index is 0.638. The van der Waals surface area contributed by atoms with Gasteiger partial charge in [-0.3, -0.25) is 4.57 Å². The van der Waals surface area contributed by atoms with Gasteiger partial charge in [0.2, 0.25) is 5.95 Å². The molecular formula is C58H35N5. The predicted octanol–water partition coefficient (Wildman–Crippen LogP) is 14.9. The van der Waals surface area contributed by atoms with Crippen LogP contribution in [0.4, 0.5) is 0 Å². The van der Waals surface area contributed by atoms with E-state index in [4.69, 9.17) is 9.97 Å². The fourth-order valence-corrected chi connectivity index (χ4v) is 10.7. The maximum atomic E-state index is 5.64. The SMILES string of the molecule is c1ccc(-c2nc(-n3c4ccccc4c4c3c3ccc5c(c6ccccc6n5-c5ccccc5)c3c3c5ccccc5n(-c5ccccc5)c34)nc3c2ccc2ccccc23)cc1. The largest absolute Gasteiger partial charge is 0.309 e. The maximum absolute atomic E-state index is 5.64. The van der Waals surface area contributed by atoms with Gasteiger partial charge in [0.05, 0.1) is 44.3 Å². The van der Waals surface area contributed by atoms with E-state index in [1.54, 1.807) is 0 Å². The molecule has 5 heteroatoms. The fraction of sp³-hybridized carbons (Fsp3) is 0. The fourth-order valence-electron chi connectivity index (χ4n) is 10.7. The summed E-state index contributed by atoms with van der Waals surface area (Å²) >= 11 is 0. The molecule has 292 valence electrons. The van der Waals surface area contributed by atoms with Gasteiger partial charge in [0.1, 0.15) is 0 Å². The second-order valence-corrected chi connectivity index (χ2v) is 16.5. The second kappa shape index (κ2) is 13.0. The summed E-state index contributed by atoms with van der Waals surface area (Å²) in [7, 11) is 0. The highest BCUT2D eigenvalue weighted by molar-refractivity contribution is 6.42. The highest BCUT2D eigenvalue weighted by atomic mass is 15.2. The molecule has 0 aliphatic rings. The van der Waals surface area contributed by atoms with Gasteiger partial charge in [0.15, 0.2) is 0 Å². The lowest BCUT2D eigenvalue weighted by Crippen LogP contribution is -2.04. The van der Waals surface area contributed by atoms with E-state index in [1.807, 2.05) is 0 Å². The van der Waals surface area contributed by atoms with Gasteiger partial charge in [-0.2, -0.15) is 0 Å². The lowest BCUT2D eigenvalue weighted by atomic mass is 9.95. The summed E-state index contributed by atoms with van der Waals surface area (Å²) < 4.78 is 7.27. The summed E-state index contributed by atoms with van der Waals surface area (Å²) in [5, 5.41) is 12.8. The van der Waals surface area contributed by atoms with Crippen LogP contribution < -0.4 is 0 Å². The van der Waals surface area contributed by atoms with Crippen LogP contribution in [0.25, 0.3) is 126 Å². The van der Waals surface area contributed by atoms with E-state index < -0.39 is 0 Å². The molecule has 0 bridgehead atoms. The van der Waals surface area contributed by atoms with Gasteiger partial charge >= 0.3 is 0 Å². The minimum absolute atomic E-state index is 0.638. The van der Waals surface area contributed by atoms with E-state index in [1.165, 1.54) is 43.4 Å². The lowest BCUT2D eigenvalue weighted by Gasteiger charge is -2.15. The minimum Gasteiger partial charge on any atom is -0.309 e. The zero-order valence-electron chi connectivity index (χ0n) is 33.9. The third-order valence-corrected chi connectivity index (χ3v) is 13.2. The van der Waals surface area contributed by atoms with E-state index in [-0.39, 0.29) is 0 Å². The van der Waals surface area contributed by atoms with Crippen molar-refractivity contribution in [3.05, 3.63) is 212 Å². The van der Waals surface area contributed by atoms with Gasteiger partial charge in [-0.15, -0.1) is 0 Å². The van der Waals surface area contributed by atoms with Crippen LogP contribution in [0.15, 0.2) is 212 Å². The summed E-state index contributed by atoms with van der Waals surface area (Å²) in [6.07, 6.45) is 0. The zero-order chi connectivity index (χ0) is 41.2. The van der Waals surface area contributed by atoms with Crippen LogP contribution in [0.1, 0.15) is 0 Å². The number of fused-ring (bicyclic) bond motifs is 17. The molecule has 0 aliphatic carbocycles. The van der Waals surface area contributed by atoms with E-state index in [9.17, 15) is 0 Å². The van der Waals surface area contributed by atoms with E-state index >= 15 is 0 Å². The Morgan fingerprint density at radius 2 is 0.810 bits per heavy atom. The molecule has 63 heavy (non-hydrogen) atoms. The summed E-state index contributed by atoms with van der Waals surface area (Å²) in [5.74, 6) is 0.638. The summed E-state index contributed by atoms with van der Waals surface area (Å²) in [6.45, 7) is 0. The molecule has 0 spiro atoms. The molecule has 0 saturated heterocycles. The predicted molar refractivity (Wildman–Crippen MR) is 263 cm³/mol. The molecule has 0 saturated carbocycles. The topological polar surface area (TPSA) is 40.6 Å². The Balaban J connectivity index is 1.28.